The van der Waals surface area contributed by atoms with Crippen molar-refractivity contribution >= 4 is 11.9 Å². The minimum absolute atomic E-state index is 0.105. The van der Waals surface area contributed by atoms with E-state index in [9.17, 15) is 4.79 Å². The van der Waals surface area contributed by atoms with Crippen LogP contribution in [0.4, 0.5) is 0 Å². The number of ether oxygens (including phenoxy) is 1. The summed E-state index contributed by atoms with van der Waals surface area (Å²) in [7, 11) is 1.76. The Labute approximate surface area is 147 Å². The van der Waals surface area contributed by atoms with Gasteiger partial charge >= 0.3 is 0 Å². The molecule has 1 aromatic heterocycles. The monoisotopic (exact) mass is 343 g/mol. The number of nitrogens with one attached hydrogen (secondary N) is 2. The summed E-state index contributed by atoms with van der Waals surface area (Å²) >= 11 is 0. The number of nitrogens with two attached hydrogens (primary N) is 1. The number of primary amides is 1. The molecule has 0 aliphatic carbocycles. The van der Waals surface area contributed by atoms with E-state index >= 15 is 0 Å². The zero-order valence-electron chi connectivity index (χ0n) is 14.4. The molecule has 1 amide bonds. The Morgan fingerprint density at radius 3 is 2.48 bits per heavy atom. The lowest BCUT2D eigenvalue weighted by molar-refractivity contribution is -0.119. The van der Waals surface area contributed by atoms with Gasteiger partial charge in [-0.1, -0.05) is 12.1 Å². The summed E-state index contributed by atoms with van der Waals surface area (Å²) < 4.78 is 7.35. The number of hydrogen-bond acceptors (Lipinski definition) is 3. The van der Waals surface area contributed by atoms with Crippen molar-refractivity contribution in [3.63, 3.8) is 0 Å². The lowest BCUT2D eigenvalue weighted by atomic mass is 10.1. The molecule has 25 heavy (non-hydrogen) atoms. The molecular formula is C18H25N5O2. The van der Waals surface area contributed by atoms with Crippen LogP contribution in [0.25, 0.3) is 0 Å². The van der Waals surface area contributed by atoms with Gasteiger partial charge in [0.05, 0.1) is 0 Å². The van der Waals surface area contributed by atoms with E-state index < -0.39 is 5.91 Å². The Morgan fingerprint density at radius 1 is 1.16 bits per heavy atom. The molecule has 0 aliphatic heterocycles. The number of guanidine groups is 1. The van der Waals surface area contributed by atoms with Crippen LogP contribution in [0.15, 0.2) is 53.8 Å². The topological polar surface area (TPSA) is 93.7 Å². The first-order chi connectivity index (χ1) is 12.2. The largest absolute Gasteiger partial charge is 0.484 e. The molecule has 1 aromatic carbocycles. The lowest BCUT2D eigenvalue weighted by Gasteiger charge is -2.12. The molecule has 0 saturated heterocycles. The van der Waals surface area contributed by atoms with E-state index in [-0.39, 0.29) is 6.61 Å². The third-order valence-corrected chi connectivity index (χ3v) is 3.56. The van der Waals surface area contributed by atoms with Crippen molar-refractivity contribution in [2.75, 3.05) is 26.7 Å². The fourth-order valence-electron chi connectivity index (χ4n) is 2.28. The maximum atomic E-state index is 10.7. The quantitative estimate of drug-likeness (QED) is 0.463. The Kier molecular flexibility index (Phi) is 7.37. The summed E-state index contributed by atoms with van der Waals surface area (Å²) in [5.74, 6) is 0.940. The Morgan fingerprint density at radius 2 is 1.84 bits per heavy atom. The van der Waals surface area contributed by atoms with Crippen molar-refractivity contribution in [3.05, 3.63) is 54.4 Å². The number of rotatable bonds is 9. The zero-order valence-corrected chi connectivity index (χ0v) is 14.4. The fraction of sp³-hybridized carbons (Fsp3) is 0.333. The normalized spacial score (nSPS) is 11.2. The van der Waals surface area contributed by atoms with E-state index in [1.165, 1.54) is 5.56 Å². The van der Waals surface area contributed by atoms with Crippen molar-refractivity contribution < 1.29 is 9.53 Å². The fourth-order valence-corrected chi connectivity index (χ4v) is 2.28. The molecule has 1 heterocycles. The molecule has 134 valence electrons. The van der Waals surface area contributed by atoms with Crippen LogP contribution in [0.1, 0.15) is 5.56 Å². The van der Waals surface area contributed by atoms with Gasteiger partial charge in [-0.05, 0) is 36.2 Å². The van der Waals surface area contributed by atoms with Gasteiger partial charge in [-0.3, -0.25) is 9.79 Å². The number of aromatic nitrogens is 1. The molecule has 0 fully saturated rings. The van der Waals surface area contributed by atoms with Gasteiger partial charge in [-0.15, -0.1) is 0 Å². The van der Waals surface area contributed by atoms with Gasteiger partial charge in [-0.25, -0.2) is 0 Å². The number of amides is 1. The predicted molar refractivity (Wildman–Crippen MR) is 98.6 cm³/mol. The van der Waals surface area contributed by atoms with Crippen LogP contribution in [0.3, 0.4) is 0 Å². The van der Waals surface area contributed by atoms with Crippen molar-refractivity contribution in [1.82, 2.24) is 15.2 Å². The molecule has 4 N–H and O–H groups in total. The number of benzene rings is 1. The van der Waals surface area contributed by atoms with Gasteiger partial charge in [0.25, 0.3) is 5.91 Å². The standard InChI is InChI=1S/C18H25N5O2/c1-20-18(22-10-13-23-11-2-3-12-23)21-9-8-15-4-6-16(7-5-15)25-14-17(19)24/h2-7,11-12H,8-10,13-14H2,1H3,(H2,19,24)(H2,20,21,22). The molecular weight excluding hydrogens is 318 g/mol. The van der Waals surface area contributed by atoms with Crippen LogP contribution in [0.2, 0.25) is 0 Å². The molecule has 0 radical (unpaired) electrons. The highest BCUT2D eigenvalue weighted by Crippen LogP contribution is 2.12. The van der Waals surface area contributed by atoms with Gasteiger partial charge in [0.2, 0.25) is 0 Å². The third kappa shape index (κ3) is 6.99. The number of carbonyl (C=O) groups is 1. The Hall–Kier alpha value is -2.96. The smallest absolute Gasteiger partial charge is 0.255 e. The molecule has 0 spiro atoms. The molecule has 0 aliphatic rings. The highest BCUT2D eigenvalue weighted by molar-refractivity contribution is 5.79. The summed E-state index contributed by atoms with van der Waals surface area (Å²) in [5.41, 5.74) is 6.22. The molecule has 0 bridgehead atoms. The van der Waals surface area contributed by atoms with Gasteiger partial charge in [0, 0.05) is 39.1 Å². The van der Waals surface area contributed by atoms with Gasteiger partial charge < -0.3 is 25.7 Å². The Balaban J connectivity index is 1.66. The lowest BCUT2D eigenvalue weighted by Crippen LogP contribution is -2.39. The van der Waals surface area contributed by atoms with Crippen molar-refractivity contribution in [2.24, 2.45) is 10.7 Å². The molecule has 0 atom stereocenters. The predicted octanol–water partition coefficient (Wildman–Crippen LogP) is 0.760. The van der Waals surface area contributed by atoms with E-state index in [2.05, 4.69) is 20.2 Å². The average Bonchev–Trinajstić information content (AvgIpc) is 3.13. The van der Waals surface area contributed by atoms with E-state index in [4.69, 9.17) is 10.5 Å². The third-order valence-electron chi connectivity index (χ3n) is 3.56. The minimum atomic E-state index is -0.482. The van der Waals surface area contributed by atoms with Crippen LogP contribution in [-0.2, 0) is 17.8 Å². The van der Waals surface area contributed by atoms with Crippen molar-refractivity contribution in [1.29, 1.82) is 0 Å². The second kappa shape index (κ2) is 10.0. The molecule has 7 nitrogen and oxygen atoms in total. The zero-order chi connectivity index (χ0) is 17.9. The number of carbonyl (C=O) groups excluding carboxylic acids is 1. The summed E-state index contributed by atoms with van der Waals surface area (Å²) in [5, 5.41) is 6.57. The first-order valence-electron chi connectivity index (χ1n) is 8.22. The first-order valence-corrected chi connectivity index (χ1v) is 8.22. The van der Waals surface area contributed by atoms with Crippen LogP contribution in [0.5, 0.6) is 5.75 Å². The second-order valence-corrected chi connectivity index (χ2v) is 5.50. The maximum absolute atomic E-state index is 10.7. The SMILES string of the molecule is CN=C(NCCc1ccc(OCC(N)=O)cc1)NCCn1cccc1. The van der Waals surface area contributed by atoms with E-state index in [0.717, 1.165) is 32.0 Å². The second-order valence-electron chi connectivity index (χ2n) is 5.50. The molecule has 7 heteroatoms. The number of nitrogens with zero attached hydrogens (tertiary/aromatic N) is 2. The van der Waals surface area contributed by atoms with Gasteiger partial charge in [-0.2, -0.15) is 0 Å². The summed E-state index contributed by atoms with van der Waals surface area (Å²) in [6.07, 6.45) is 4.93. The van der Waals surface area contributed by atoms with E-state index in [1.54, 1.807) is 7.05 Å². The number of aliphatic imine (C=N–C) groups is 1. The molecule has 0 unspecified atom stereocenters. The van der Waals surface area contributed by atoms with E-state index in [1.807, 2.05) is 48.8 Å². The van der Waals surface area contributed by atoms with Crippen LogP contribution >= 0.6 is 0 Å². The van der Waals surface area contributed by atoms with Crippen molar-refractivity contribution in [2.45, 2.75) is 13.0 Å². The summed E-state index contributed by atoms with van der Waals surface area (Å²) in [4.78, 5) is 14.9. The average molecular weight is 343 g/mol. The van der Waals surface area contributed by atoms with Crippen LogP contribution in [0, 0.1) is 0 Å². The van der Waals surface area contributed by atoms with Gasteiger partial charge in [0.1, 0.15) is 5.75 Å². The van der Waals surface area contributed by atoms with Crippen LogP contribution < -0.4 is 21.1 Å². The van der Waals surface area contributed by atoms with Crippen LogP contribution in [-0.4, -0.2) is 43.2 Å². The number of hydrogen-bond donors (Lipinski definition) is 3. The highest BCUT2D eigenvalue weighted by Gasteiger charge is 2.00. The summed E-state index contributed by atoms with van der Waals surface area (Å²) in [6, 6.07) is 11.6. The minimum Gasteiger partial charge on any atom is -0.484 e. The Bertz CT molecular complexity index is 665. The molecule has 2 rings (SSSR count). The molecule has 0 saturated carbocycles. The van der Waals surface area contributed by atoms with E-state index in [0.29, 0.717) is 5.75 Å². The first kappa shape index (κ1) is 18.4. The maximum Gasteiger partial charge on any atom is 0.255 e. The summed E-state index contributed by atoms with van der Waals surface area (Å²) in [6.45, 7) is 2.36. The van der Waals surface area contributed by atoms with Crippen molar-refractivity contribution in [3.8, 4) is 5.75 Å². The molecule has 2 aromatic rings. The highest BCUT2D eigenvalue weighted by atomic mass is 16.5. The van der Waals surface area contributed by atoms with Gasteiger partial charge in [0.15, 0.2) is 12.6 Å².